The van der Waals surface area contributed by atoms with E-state index in [-0.39, 0.29) is 15.9 Å². The van der Waals surface area contributed by atoms with Crippen LogP contribution >= 0.6 is 11.3 Å². The number of aromatic carboxylic acids is 1. The number of amides is 1. The number of carbonyl (C=O) groups is 2. The van der Waals surface area contributed by atoms with Crippen LogP contribution in [-0.2, 0) is 0 Å². The molecule has 18 heavy (non-hydrogen) atoms. The van der Waals surface area contributed by atoms with Gasteiger partial charge in [0.15, 0.2) is 5.13 Å². The molecule has 92 valence electrons. The number of rotatable bonds is 3. The lowest BCUT2D eigenvalue weighted by Crippen LogP contribution is -2.11. The molecule has 0 atom stereocenters. The van der Waals surface area contributed by atoms with E-state index in [0.29, 0.717) is 11.3 Å². The highest BCUT2D eigenvalue weighted by atomic mass is 32.1. The highest BCUT2D eigenvalue weighted by molar-refractivity contribution is 7.17. The lowest BCUT2D eigenvalue weighted by atomic mass is 10.2. The third-order valence-electron chi connectivity index (χ3n) is 2.11. The molecule has 0 fully saturated rings. The fourth-order valence-corrected chi connectivity index (χ4v) is 1.88. The van der Waals surface area contributed by atoms with Crippen molar-refractivity contribution in [3.8, 4) is 0 Å². The van der Waals surface area contributed by atoms with E-state index in [9.17, 15) is 9.59 Å². The van der Waals surface area contributed by atoms with E-state index >= 15 is 0 Å². The third kappa shape index (κ3) is 2.64. The highest BCUT2D eigenvalue weighted by Gasteiger charge is 2.11. The van der Waals surface area contributed by atoms with Crippen LogP contribution in [0.25, 0.3) is 0 Å². The summed E-state index contributed by atoms with van der Waals surface area (Å²) in [7, 11) is 0. The van der Waals surface area contributed by atoms with Gasteiger partial charge in [-0.05, 0) is 24.3 Å². The Hall–Kier alpha value is -2.41. The van der Waals surface area contributed by atoms with Gasteiger partial charge in [-0.1, -0.05) is 11.3 Å². The first-order valence-electron chi connectivity index (χ1n) is 4.92. The number of hydrogen-bond acceptors (Lipinski definition) is 5. The van der Waals surface area contributed by atoms with Crippen molar-refractivity contribution in [1.29, 1.82) is 0 Å². The molecule has 0 aliphatic carbocycles. The molecule has 0 bridgehead atoms. The van der Waals surface area contributed by atoms with Crippen molar-refractivity contribution in [2.45, 2.75) is 0 Å². The fourth-order valence-electron chi connectivity index (χ4n) is 1.23. The zero-order valence-corrected chi connectivity index (χ0v) is 9.90. The van der Waals surface area contributed by atoms with Crippen LogP contribution in [0.1, 0.15) is 20.0 Å². The molecule has 4 N–H and O–H groups in total. The number of hydrogen-bond donors (Lipinski definition) is 3. The van der Waals surface area contributed by atoms with E-state index in [2.05, 4.69) is 10.3 Å². The summed E-state index contributed by atoms with van der Waals surface area (Å²) in [6.45, 7) is 0. The molecule has 1 aromatic carbocycles. The van der Waals surface area contributed by atoms with Crippen LogP contribution in [0.4, 0.5) is 10.8 Å². The minimum absolute atomic E-state index is 0.0719. The topological polar surface area (TPSA) is 105 Å². The molecule has 0 aliphatic rings. The van der Waals surface area contributed by atoms with Gasteiger partial charge in [-0.3, -0.25) is 10.1 Å². The van der Waals surface area contributed by atoms with Crippen LogP contribution in [-0.4, -0.2) is 22.0 Å². The summed E-state index contributed by atoms with van der Waals surface area (Å²) in [5.74, 6) is -1.43. The summed E-state index contributed by atoms with van der Waals surface area (Å²) in [4.78, 5) is 26.3. The number of aromatic nitrogens is 1. The van der Waals surface area contributed by atoms with Gasteiger partial charge < -0.3 is 10.8 Å². The highest BCUT2D eigenvalue weighted by Crippen LogP contribution is 2.18. The Morgan fingerprint density at radius 1 is 1.28 bits per heavy atom. The Kier molecular flexibility index (Phi) is 3.24. The predicted octanol–water partition coefficient (Wildman–Crippen LogP) is 1.68. The predicted molar refractivity (Wildman–Crippen MR) is 67.9 cm³/mol. The van der Waals surface area contributed by atoms with Crippen molar-refractivity contribution in [1.82, 2.24) is 4.98 Å². The molecule has 0 saturated heterocycles. The summed E-state index contributed by atoms with van der Waals surface area (Å²) < 4.78 is 0. The zero-order valence-electron chi connectivity index (χ0n) is 9.08. The molecular weight excluding hydrogens is 254 g/mol. The maximum Gasteiger partial charge on any atom is 0.347 e. The molecule has 2 rings (SSSR count). The summed E-state index contributed by atoms with van der Waals surface area (Å²) >= 11 is 0.900. The van der Waals surface area contributed by atoms with E-state index in [1.807, 2.05) is 0 Å². The second-order valence-electron chi connectivity index (χ2n) is 3.41. The molecule has 1 heterocycles. The largest absolute Gasteiger partial charge is 0.477 e. The molecule has 2 aromatic rings. The second kappa shape index (κ2) is 4.84. The molecule has 6 nitrogen and oxygen atoms in total. The van der Waals surface area contributed by atoms with Crippen molar-refractivity contribution in [3.63, 3.8) is 0 Å². The number of nitrogens with two attached hydrogens (primary N) is 1. The Morgan fingerprint density at radius 2 is 1.94 bits per heavy atom. The first kappa shape index (κ1) is 12.1. The number of benzene rings is 1. The lowest BCUT2D eigenvalue weighted by Gasteiger charge is -2.01. The van der Waals surface area contributed by atoms with Crippen molar-refractivity contribution < 1.29 is 14.7 Å². The molecule has 7 heteroatoms. The van der Waals surface area contributed by atoms with Gasteiger partial charge in [0.25, 0.3) is 5.91 Å². The average molecular weight is 263 g/mol. The van der Waals surface area contributed by atoms with Gasteiger partial charge in [0.2, 0.25) is 0 Å². The van der Waals surface area contributed by atoms with Crippen LogP contribution in [0.15, 0.2) is 30.5 Å². The lowest BCUT2D eigenvalue weighted by molar-refractivity contribution is 0.0701. The van der Waals surface area contributed by atoms with Gasteiger partial charge >= 0.3 is 5.97 Å². The number of nitrogens with one attached hydrogen (secondary N) is 1. The van der Waals surface area contributed by atoms with Crippen LogP contribution in [0.5, 0.6) is 0 Å². The first-order chi connectivity index (χ1) is 8.56. The van der Waals surface area contributed by atoms with Crippen LogP contribution in [0, 0.1) is 0 Å². The second-order valence-corrected chi connectivity index (χ2v) is 4.44. The van der Waals surface area contributed by atoms with E-state index in [1.165, 1.54) is 6.20 Å². The molecule has 0 radical (unpaired) electrons. The van der Waals surface area contributed by atoms with Crippen molar-refractivity contribution in [3.05, 3.63) is 40.9 Å². The molecule has 0 spiro atoms. The van der Waals surface area contributed by atoms with Crippen LogP contribution in [0.2, 0.25) is 0 Å². The number of nitrogen functional groups attached to an aromatic ring is 1. The first-order valence-corrected chi connectivity index (χ1v) is 5.74. The van der Waals surface area contributed by atoms with Gasteiger partial charge in [-0.25, -0.2) is 9.78 Å². The van der Waals surface area contributed by atoms with Gasteiger partial charge in [-0.15, -0.1) is 0 Å². The van der Waals surface area contributed by atoms with Gasteiger partial charge in [-0.2, -0.15) is 0 Å². The molecular formula is C11H9N3O3S. The van der Waals surface area contributed by atoms with E-state index < -0.39 is 5.97 Å². The number of thiazole rings is 1. The van der Waals surface area contributed by atoms with Crippen molar-refractivity contribution >= 4 is 34.0 Å². The zero-order chi connectivity index (χ0) is 13.1. The van der Waals surface area contributed by atoms with E-state index in [0.717, 1.165) is 11.3 Å². The molecule has 0 unspecified atom stereocenters. The van der Waals surface area contributed by atoms with Crippen LogP contribution in [0.3, 0.4) is 0 Å². The molecule has 0 saturated carbocycles. The Bertz CT molecular complexity index is 592. The smallest absolute Gasteiger partial charge is 0.347 e. The van der Waals surface area contributed by atoms with Crippen molar-refractivity contribution in [2.24, 2.45) is 0 Å². The Labute approximate surface area is 106 Å². The number of carboxylic acid groups (broad SMARTS) is 1. The summed E-state index contributed by atoms with van der Waals surface area (Å²) in [6, 6.07) is 6.38. The van der Waals surface area contributed by atoms with Gasteiger partial charge in [0.1, 0.15) is 4.88 Å². The Morgan fingerprint density at radius 3 is 2.50 bits per heavy atom. The van der Waals surface area contributed by atoms with Crippen LogP contribution < -0.4 is 11.1 Å². The van der Waals surface area contributed by atoms with Gasteiger partial charge in [0, 0.05) is 11.3 Å². The summed E-state index contributed by atoms with van der Waals surface area (Å²) in [6.07, 6.45) is 1.20. The molecule has 1 amide bonds. The summed E-state index contributed by atoms with van der Waals surface area (Å²) in [5, 5.41) is 11.5. The maximum absolute atomic E-state index is 11.8. The summed E-state index contributed by atoms with van der Waals surface area (Å²) in [5.41, 5.74) is 6.50. The Balaban J connectivity index is 2.11. The number of carbonyl (C=O) groups excluding carboxylic acids is 1. The fraction of sp³-hybridized carbons (Fsp3) is 0. The normalized spacial score (nSPS) is 10.0. The maximum atomic E-state index is 11.8. The minimum Gasteiger partial charge on any atom is -0.477 e. The quantitative estimate of drug-likeness (QED) is 0.730. The average Bonchev–Trinajstić information content (AvgIpc) is 2.78. The molecule has 0 aliphatic heterocycles. The molecule has 1 aromatic heterocycles. The standard InChI is InChI=1S/C11H9N3O3S/c12-7-3-1-6(2-4-7)9(15)14-11-13-5-8(18-11)10(16)17/h1-5H,12H2,(H,16,17)(H,13,14,15). The number of anilines is 2. The number of nitrogens with zero attached hydrogens (tertiary/aromatic N) is 1. The van der Waals surface area contributed by atoms with Gasteiger partial charge in [0.05, 0.1) is 6.20 Å². The van der Waals surface area contributed by atoms with E-state index in [4.69, 9.17) is 10.8 Å². The van der Waals surface area contributed by atoms with E-state index in [1.54, 1.807) is 24.3 Å². The monoisotopic (exact) mass is 263 g/mol. The SMILES string of the molecule is Nc1ccc(C(=O)Nc2ncc(C(=O)O)s2)cc1. The van der Waals surface area contributed by atoms with Crippen molar-refractivity contribution in [2.75, 3.05) is 11.1 Å². The third-order valence-corrected chi connectivity index (χ3v) is 3.01. The number of carboxylic acids is 1. The minimum atomic E-state index is -1.07.